The average molecular weight is 170 g/mol. The van der Waals surface area contributed by atoms with E-state index < -0.39 is 0 Å². The quantitative estimate of drug-likeness (QED) is 0.466. The Hall–Kier alpha value is -0.920. The molecule has 0 bridgehead atoms. The maximum atomic E-state index is 5.36. The van der Waals surface area contributed by atoms with Crippen molar-refractivity contribution in [2.45, 2.75) is 27.7 Å². The number of hydrogen-bond acceptors (Lipinski definition) is 2. The second kappa shape index (κ2) is 6.77. The third kappa shape index (κ3) is 3.46. The van der Waals surface area contributed by atoms with Crippen LogP contribution in [-0.2, 0) is 9.47 Å². The third-order valence-corrected chi connectivity index (χ3v) is 1.37. The monoisotopic (exact) mass is 170 g/mol. The molecule has 0 fully saturated rings. The predicted octanol–water partition coefficient (Wildman–Crippen LogP) is 2.87. The third-order valence-electron chi connectivity index (χ3n) is 1.37. The first-order valence-electron chi connectivity index (χ1n) is 4.38. The zero-order valence-corrected chi connectivity index (χ0v) is 8.39. The Bertz CT molecular complexity index is 149. The van der Waals surface area contributed by atoms with Crippen molar-refractivity contribution in [2.75, 3.05) is 13.2 Å². The summed E-state index contributed by atoms with van der Waals surface area (Å²) in [6.45, 7) is 9.14. The smallest absolute Gasteiger partial charge is 0.156 e. The van der Waals surface area contributed by atoms with E-state index in [1.54, 1.807) is 0 Å². The second-order valence-corrected chi connectivity index (χ2v) is 2.17. The molecule has 0 saturated carbocycles. The van der Waals surface area contributed by atoms with Crippen LogP contribution in [0.4, 0.5) is 0 Å². The molecule has 0 aliphatic rings. The van der Waals surface area contributed by atoms with Crippen molar-refractivity contribution >= 4 is 0 Å². The molecule has 0 N–H and O–H groups in total. The van der Waals surface area contributed by atoms with Gasteiger partial charge in [-0.15, -0.1) is 0 Å². The van der Waals surface area contributed by atoms with Gasteiger partial charge in [0.25, 0.3) is 0 Å². The predicted molar refractivity (Wildman–Crippen MR) is 50.8 cm³/mol. The average Bonchev–Trinajstić information content (AvgIpc) is 2.11. The van der Waals surface area contributed by atoms with Crippen LogP contribution in [0.15, 0.2) is 23.7 Å². The Labute approximate surface area is 74.9 Å². The van der Waals surface area contributed by atoms with Crippen molar-refractivity contribution in [2.24, 2.45) is 0 Å². The first-order valence-corrected chi connectivity index (χ1v) is 4.38. The van der Waals surface area contributed by atoms with Crippen LogP contribution < -0.4 is 0 Å². The minimum absolute atomic E-state index is 0.671. The summed E-state index contributed by atoms with van der Waals surface area (Å²) in [5.41, 5.74) is 0. The molecule has 0 aromatic rings. The molecule has 0 aromatic carbocycles. The molecule has 0 amide bonds. The highest BCUT2D eigenvalue weighted by Crippen LogP contribution is 2.12. The van der Waals surface area contributed by atoms with Gasteiger partial charge < -0.3 is 9.47 Å². The summed E-state index contributed by atoms with van der Waals surface area (Å²) in [7, 11) is 0. The molecule has 0 unspecified atom stereocenters. The van der Waals surface area contributed by atoms with Gasteiger partial charge in [-0.1, -0.05) is 0 Å². The summed E-state index contributed by atoms with van der Waals surface area (Å²) < 4.78 is 10.7. The molecule has 0 aromatic heterocycles. The van der Waals surface area contributed by atoms with E-state index in [2.05, 4.69) is 0 Å². The van der Waals surface area contributed by atoms with Crippen LogP contribution in [0.1, 0.15) is 27.7 Å². The van der Waals surface area contributed by atoms with Gasteiger partial charge in [-0.3, -0.25) is 0 Å². The maximum absolute atomic E-state index is 5.36. The van der Waals surface area contributed by atoms with Crippen LogP contribution in [0.25, 0.3) is 0 Å². The van der Waals surface area contributed by atoms with Gasteiger partial charge in [-0.25, -0.2) is 0 Å². The summed E-state index contributed by atoms with van der Waals surface area (Å²) in [6, 6.07) is 0. The maximum Gasteiger partial charge on any atom is 0.156 e. The van der Waals surface area contributed by atoms with Crippen LogP contribution in [-0.4, -0.2) is 13.2 Å². The summed E-state index contributed by atoms with van der Waals surface area (Å²) in [4.78, 5) is 0. The van der Waals surface area contributed by atoms with E-state index in [0.29, 0.717) is 13.2 Å². The first-order chi connectivity index (χ1) is 5.79. The molecule has 0 aliphatic carbocycles. The molecule has 70 valence electrons. The summed E-state index contributed by atoms with van der Waals surface area (Å²) in [5, 5.41) is 0. The molecule has 0 saturated heterocycles. The standard InChI is InChI=1S/C10H18O2/c1-5-9(11-7-3)10(6-2)12-8-4/h5-6H,7-8H2,1-4H3. The van der Waals surface area contributed by atoms with Gasteiger partial charge in [0, 0.05) is 0 Å². The van der Waals surface area contributed by atoms with Crippen molar-refractivity contribution in [3.8, 4) is 0 Å². The van der Waals surface area contributed by atoms with Gasteiger partial charge in [-0.2, -0.15) is 0 Å². The molecular formula is C10H18O2. The Balaban J connectivity index is 4.26. The minimum atomic E-state index is 0.671. The molecule has 0 spiro atoms. The highest BCUT2D eigenvalue weighted by Gasteiger charge is 2.03. The van der Waals surface area contributed by atoms with Crippen molar-refractivity contribution < 1.29 is 9.47 Å². The Morgan fingerprint density at radius 2 is 1.25 bits per heavy atom. The normalized spacial score (nSPS) is 13.0. The summed E-state index contributed by atoms with van der Waals surface area (Å²) in [6.07, 6.45) is 3.82. The Morgan fingerprint density at radius 3 is 1.42 bits per heavy atom. The number of allylic oxidation sites excluding steroid dienone is 2. The van der Waals surface area contributed by atoms with Crippen molar-refractivity contribution in [1.82, 2.24) is 0 Å². The molecule has 2 heteroatoms. The molecule has 0 aliphatic heterocycles. The molecule has 0 heterocycles. The first kappa shape index (κ1) is 11.1. The zero-order valence-electron chi connectivity index (χ0n) is 8.39. The van der Waals surface area contributed by atoms with E-state index in [4.69, 9.17) is 9.47 Å². The Kier molecular flexibility index (Phi) is 6.25. The number of rotatable bonds is 5. The van der Waals surface area contributed by atoms with Crippen LogP contribution >= 0.6 is 0 Å². The minimum Gasteiger partial charge on any atom is -0.490 e. The van der Waals surface area contributed by atoms with E-state index >= 15 is 0 Å². The fourth-order valence-electron chi connectivity index (χ4n) is 0.904. The largest absolute Gasteiger partial charge is 0.490 e. The van der Waals surface area contributed by atoms with E-state index in [1.165, 1.54) is 0 Å². The van der Waals surface area contributed by atoms with Crippen molar-refractivity contribution in [3.05, 3.63) is 23.7 Å². The van der Waals surface area contributed by atoms with Gasteiger partial charge in [0.2, 0.25) is 0 Å². The van der Waals surface area contributed by atoms with Crippen LogP contribution in [0.3, 0.4) is 0 Å². The molecule has 0 radical (unpaired) electrons. The Morgan fingerprint density at radius 1 is 0.917 bits per heavy atom. The lowest BCUT2D eigenvalue weighted by Crippen LogP contribution is -1.99. The van der Waals surface area contributed by atoms with Gasteiger partial charge in [0.1, 0.15) is 0 Å². The molecular weight excluding hydrogens is 152 g/mol. The van der Waals surface area contributed by atoms with Crippen LogP contribution in [0, 0.1) is 0 Å². The van der Waals surface area contributed by atoms with Crippen molar-refractivity contribution in [1.29, 1.82) is 0 Å². The fourth-order valence-corrected chi connectivity index (χ4v) is 0.904. The fraction of sp³-hybridized carbons (Fsp3) is 0.600. The highest BCUT2D eigenvalue weighted by atomic mass is 16.5. The zero-order chi connectivity index (χ0) is 9.40. The van der Waals surface area contributed by atoms with E-state index in [1.807, 2.05) is 39.8 Å². The summed E-state index contributed by atoms with van der Waals surface area (Å²) in [5.74, 6) is 1.64. The number of hydrogen-bond donors (Lipinski definition) is 0. The topological polar surface area (TPSA) is 18.5 Å². The van der Waals surface area contributed by atoms with Crippen LogP contribution in [0.5, 0.6) is 0 Å². The molecule has 2 nitrogen and oxygen atoms in total. The lowest BCUT2D eigenvalue weighted by atomic mass is 10.3. The van der Waals surface area contributed by atoms with Gasteiger partial charge in [-0.05, 0) is 39.8 Å². The highest BCUT2D eigenvalue weighted by molar-refractivity contribution is 5.18. The van der Waals surface area contributed by atoms with E-state index in [0.717, 1.165) is 11.5 Å². The second-order valence-electron chi connectivity index (χ2n) is 2.17. The number of ether oxygens (including phenoxy) is 2. The van der Waals surface area contributed by atoms with E-state index in [-0.39, 0.29) is 0 Å². The van der Waals surface area contributed by atoms with Crippen molar-refractivity contribution in [3.63, 3.8) is 0 Å². The van der Waals surface area contributed by atoms with Gasteiger partial charge in [0.15, 0.2) is 11.5 Å². The molecule has 12 heavy (non-hydrogen) atoms. The summed E-state index contributed by atoms with van der Waals surface area (Å²) >= 11 is 0. The molecule has 0 rings (SSSR count). The van der Waals surface area contributed by atoms with Gasteiger partial charge in [0.05, 0.1) is 13.2 Å². The van der Waals surface area contributed by atoms with E-state index in [9.17, 15) is 0 Å². The molecule has 0 atom stereocenters. The van der Waals surface area contributed by atoms with Crippen LogP contribution in [0.2, 0.25) is 0 Å². The van der Waals surface area contributed by atoms with Gasteiger partial charge >= 0.3 is 0 Å². The lowest BCUT2D eigenvalue weighted by Gasteiger charge is -2.11. The lowest BCUT2D eigenvalue weighted by molar-refractivity contribution is 0.164. The SMILES string of the molecule is CC=C(OCC)C(=CC)OCC.